The first-order chi connectivity index (χ1) is 16.1. The summed E-state index contributed by atoms with van der Waals surface area (Å²) in [6, 6.07) is 10.2. The van der Waals surface area contributed by atoms with Crippen molar-refractivity contribution < 1.29 is 18.0 Å². The van der Waals surface area contributed by atoms with Gasteiger partial charge >= 0.3 is 0 Å². The van der Waals surface area contributed by atoms with Gasteiger partial charge in [0.25, 0.3) is 15.9 Å². The quantitative estimate of drug-likeness (QED) is 0.548. The Balaban J connectivity index is 1.74. The van der Waals surface area contributed by atoms with Crippen LogP contribution in [0, 0.1) is 26.7 Å². The Bertz CT molecular complexity index is 1140. The highest BCUT2D eigenvalue weighted by Gasteiger charge is 2.29. The number of nitrogens with one attached hydrogen (secondary N) is 2. The number of carbonyl (C=O) groups is 2. The molecule has 0 bridgehead atoms. The van der Waals surface area contributed by atoms with Gasteiger partial charge in [0.05, 0.1) is 10.8 Å². The number of benzene rings is 2. The largest absolute Gasteiger partial charge is 0.356 e. The molecule has 7 nitrogen and oxygen atoms in total. The van der Waals surface area contributed by atoms with Crippen molar-refractivity contribution in [3.63, 3.8) is 0 Å². The summed E-state index contributed by atoms with van der Waals surface area (Å²) in [6.45, 7) is 9.16. The monoisotopic (exact) mass is 485 g/mol. The molecule has 0 spiro atoms. The summed E-state index contributed by atoms with van der Waals surface area (Å²) < 4.78 is 28.9. The molecule has 2 aromatic rings. The molecule has 1 aliphatic rings. The fraction of sp³-hybridized carbons (Fsp3) is 0.462. The van der Waals surface area contributed by atoms with Crippen molar-refractivity contribution in [2.24, 2.45) is 5.92 Å². The van der Waals surface area contributed by atoms with E-state index in [1.54, 1.807) is 43.0 Å². The maximum atomic E-state index is 13.2. The zero-order valence-electron chi connectivity index (χ0n) is 20.5. The highest BCUT2D eigenvalue weighted by atomic mass is 32.2. The number of amides is 2. The van der Waals surface area contributed by atoms with Gasteiger partial charge in [0, 0.05) is 30.9 Å². The average Bonchev–Trinajstić information content (AvgIpc) is 2.77. The van der Waals surface area contributed by atoms with Crippen LogP contribution in [0.4, 0.5) is 5.69 Å². The molecule has 1 saturated heterocycles. The number of sulfonamides is 1. The number of hydrogen-bond acceptors (Lipinski definition) is 4. The number of unbranched alkanes of at least 4 members (excludes halogenated alkanes) is 1. The van der Waals surface area contributed by atoms with Crippen molar-refractivity contribution in [1.29, 1.82) is 0 Å². The van der Waals surface area contributed by atoms with Gasteiger partial charge in [0.2, 0.25) is 5.91 Å². The molecular formula is C26H35N3O4S. The lowest BCUT2D eigenvalue weighted by Crippen LogP contribution is -2.45. The summed E-state index contributed by atoms with van der Waals surface area (Å²) in [4.78, 5) is 27.6. The third-order valence-electron chi connectivity index (χ3n) is 6.14. The van der Waals surface area contributed by atoms with Crippen molar-refractivity contribution in [1.82, 2.24) is 10.2 Å². The highest BCUT2D eigenvalue weighted by Crippen LogP contribution is 2.25. The summed E-state index contributed by atoms with van der Waals surface area (Å²) in [6.07, 6.45) is 3.47. The van der Waals surface area contributed by atoms with E-state index in [1.165, 1.54) is 0 Å². The second-order valence-corrected chi connectivity index (χ2v) is 10.8. The number of rotatable bonds is 8. The van der Waals surface area contributed by atoms with Crippen LogP contribution < -0.4 is 10.0 Å². The third kappa shape index (κ3) is 6.17. The molecule has 34 heavy (non-hydrogen) atoms. The third-order valence-corrected chi connectivity index (χ3v) is 7.83. The van der Waals surface area contributed by atoms with Crippen molar-refractivity contribution in [3.8, 4) is 0 Å². The lowest BCUT2D eigenvalue weighted by molar-refractivity contribution is -0.126. The van der Waals surface area contributed by atoms with E-state index >= 15 is 0 Å². The van der Waals surface area contributed by atoms with Gasteiger partial charge in [-0.25, -0.2) is 8.42 Å². The lowest BCUT2D eigenvalue weighted by atomic mass is 9.96. The Hall–Kier alpha value is -2.87. The molecule has 1 fully saturated rings. The molecule has 1 aliphatic heterocycles. The predicted octanol–water partition coefficient (Wildman–Crippen LogP) is 4.18. The van der Waals surface area contributed by atoms with Crippen molar-refractivity contribution in [2.75, 3.05) is 24.4 Å². The van der Waals surface area contributed by atoms with Crippen LogP contribution >= 0.6 is 0 Å². The molecule has 0 unspecified atom stereocenters. The predicted molar refractivity (Wildman–Crippen MR) is 134 cm³/mol. The summed E-state index contributed by atoms with van der Waals surface area (Å²) in [5, 5.41) is 2.96. The Morgan fingerprint density at radius 3 is 2.47 bits per heavy atom. The van der Waals surface area contributed by atoms with E-state index in [4.69, 9.17) is 0 Å². The van der Waals surface area contributed by atoms with Crippen LogP contribution in [0.15, 0.2) is 41.3 Å². The van der Waals surface area contributed by atoms with Gasteiger partial charge in [0.15, 0.2) is 0 Å². The van der Waals surface area contributed by atoms with Crippen LogP contribution in [0.5, 0.6) is 0 Å². The van der Waals surface area contributed by atoms with Gasteiger partial charge in [0.1, 0.15) is 0 Å². The second kappa shape index (κ2) is 11.0. The number of anilines is 1. The van der Waals surface area contributed by atoms with Crippen molar-refractivity contribution >= 4 is 27.5 Å². The number of likely N-dealkylation sites (tertiary alicyclic amines) is 1. The minimum absolute atomic E-state index is 0.00343. The van der Waals surface area contributed by atoms with Gasteiger partial charge < -0.3 is 10.2 Å². The fourth-order valence-electron chi connectivity index (χ4n) is 4.60. The number of piperidine rings is 1. The molecule has 2 aromatic carbocycles. The zero-order valence-corrected chi connectivity index (χ0v) is 21.3. The van der Waals surface area contributed by atoms with Crippen LogP contribution in [-0.2, 0) is 14.8 Å². The maximum Gasteiger partial charge on any atom is 0.262 e. The maximum absolute atomic E-state index is 13.2. The minimum Gasteiger partial charge on any atom is -0.356 e. The first-order valence-electron chi connectivity index (χ1n) is 11.9. The standard InChI is InChI=1S/C26H35N3O4S/c1-5-6-12-27-25(30)22-10-8-13-29(17-22)26(31)21-9-7-11-23(16-21)28-34(32,33)24-19(3)14-18(2)15-20(24)4/h7,9,11,14-16,22,28H,5-6,8,10,12-13,17H2,1-4H3,(H,27,30)/t22-/m0/s1. The number of aryl methyl sites for hydroxylation is 3. The van der Waals surface area contributed by atoms with Crippen molar-refractivity contribution in [2.45, 2.75) is 58.3 Å². The molecule has 184 valence electrons. The van der Waals surface area contributed by atoms with Crippen LogP contribution in [0.1, 0.15) is 59.7 Å². The van der Waals surface area contributed by atoms with E-state index in [0.717, 1.165) is 31.2 Å². The number of nitrogens with zero attached hydrogens (tertiary/aromatic N) is 1. The first kappa shape index (κ1) is 25.7. The average molecular weight is 486 g/mol. The van der Waals surface area contributed by atoms with E-state index < -0.39 is 10.0 Å². The van der Waals surface area contributed by atoms with E-state index in [9.17, 15) is 18.0 Å². The van der Waals surface area contributed by atoms with Crippen LogP contribution in [0.2, 0.25) is 0 Å². The molecule has 0 aromatic heterocycles. The second-order valence-electron chi connectivity index (χ2n) is 9.15. The summed E-state index contributed by atoms with van der Waals surface area (Å²) in [5.74, 6) is -0.421. The summed E-state index contributed by atoms with van der Waals surface area (Å²) >= 11 is 0. The Kier molecular flexibility index (Phi) is 8.36. The van der Waals surface area contributed by atoms with E-state index in [-0.39, 0.29) is 22.6 Å². The van der Waals surface area contributed by atoms with E-state index in [2.05, 4.69) is 17.0 Å². The van der Waals surface area contributed by atoms with E-state index in [0.29, 0.717) is 42.0 Å². The minimum atomic E-state index is -3.82. The number of hydrogen-bond donors (Lipinski definition) is 2. The molecule has 8 heteroatoms. The Labute approximate surface area is 203 Å². The first-order valence-corrected chi connectivity index (χ1v) is 13.4. The molecule has 3 rings (SSSR count). The highest BCUT2D eigenvalue weighted by molar-refractivity contribution is 7.92. The SMILES string of the molecule is CCCCNC(=O)[C@H]1CCCN(C(=O)c2cccc(NS(=O)(=O)c3c(C)cc(C)cc3C)c2)C1. The summed E-state index contributed by atoms with van der Waals surface area (Å²) in [7, 11) is -3.82. The normalized spacial score (nSPS) is 16.2. The van der Waals surface area contributed by atoms with Crippen LogP contribution in [0.3, 0.4) is 0 Å². The Morgan fingerprint density at radius 2 is 1.79 bits per heavy atom. The molecule has 0 saturated carbocycles. The molecule has 2 amide bonds. The molecule has 2 N–H and O–H groups in total. The van der Waals surface area contributed by atoms with Gasteiger partial charge in [-0.1, -0.05) is 37.1 Å². The fourth-order valence-corrected chi connectivity index (χ4v) is 6.11. The van der Waals surface area contributed by atoms with Crippen LogP contribution in [-0.4, -0.2) is 44.8 Å². The molecule has 0 radical (unpaired) electrons. The smallest absolute Gasteiger partial charge is 0.262 e. The van der Waals surface area contributed by atoms with Gasteiger partial charge in [-0.2, -0.15) is 0 Å². The van der Waals surface area contributed by atoms with Gasteiger partial charge in [-0.3, -0.25) is 14.3 Å². The molecule has 0 aliphatic carbocycles. The van der Waals surface area contributed by atoms with Gasteiger partial charge in [-0.05, 0) is 69.4 Å². The van der Waals surface area contributed by atoms with E-state index in [1.807, 2.05) is 19.1 Å². The Morgan fingerprint density at radius 1 is 1.09 bits per heavy atom. The van der Waals surface area contributed by atoms with Gasteiger partial charge in [-0.15, -0.1) is 0 Å². The lowest BCUT2D eigenvalue weighted by Gasteiger charge is -2.32. The topological polar surface area (TPSA) is 95.6 Å². The molecule has 1 atom stereocenters. The molecular weight excluding hydrogens is 450 g/mol. The summed E-state index contributed by atoms with van der Waals surface area (Å²) in [5.41, 5.74) is 3.07. The number of carbonyl (C=O) groups excluding carboxylic acids is 2. The zero-order chi connectivity index (χ0) is 24.9. The van der Waals surface area contributed by atoms with Crippen LogP contribution in [0.25, 0.3) is 0 Å². The van der Waals surface area contributed by atoms with Crippen molar-refractivity contribution in [3.05, 3.63) is 58.7 Å². The molecule has 1 heterocycles.